The first-order valence-electron chi connectivity index (χ1n) is 8.93. The Morgan fingerprint density at radius 1 is 0.963 bits per heavy atom. The largest absolute Gasteiger partial charge is 0.506 e. The Kier molecular flexibility index (Phi) is 4.42. The minimum Gasteiger partial charge on any atom is -0.506 e. The van der Waals surface area contributed by atoms with Crippen molar-refractivity contribution in [1.82, 2.24) is 9.38 Å². The SMILES string of the molecule is CCc1ccc(-c2nc3ccc(C)cn3c2N=Nc2ccccc2O)cc1. The average Bonchev–Trinajstić information content (AvgIpc) is 3.05. The van der Waals surface area contributed by atoms with Gasteiger partial charge in [0.05, 0.1) is 0 Å². The molecule has 1 N–H and O–H groups in total. The molecule has 2 heterocycles. The molecule has 0 unspecified atom stereocenters. The van der Waals surface area contributed by atoms with E-state index in [0.717, 1.165) is 28.9 Å². The highest BCUT2D eigenvalue weighted by atomic mass is 16.3. The Bertz CT molecular complexity index is 1130. The minimum atomic E-state index is 0.0973. The van der Waals surface area contributed by atoms with Crippen molar-refractivity contribution in [3.63, 3.8) is 0 Å². The van der Waals surface area contributed by atoms with Gasteiger partial charge in [-0.3, -0.25) is 4.40 Å². The number of aryl methyl sites for hydroxylation is 2. The maximum atomic E-state index is 9.96. The topological polar surface area (TPSA) is 62.2 Å². The highest BCUT2D eigenvalue weighted by Crippen LogP contribution is 2.34. The lowest BCUT2D eigenvalue weighted by Crippen LogP contribution is -1.85. The van der Waals surface area contributed by atoms with Crippen LogP contribution in [0, 0.1) is 6.92 Å². The fourth-order valence-electron chi connectivity index (χ4n) is 2.98. The molecule has 134 valence electrons. The van der Waals surface area contributed by atoms with E-state index in [1.807, 2.05) is 35.7 Å². The van der Waals surface area contributed by atoms with E-state index < -0.39 is 0 Å². The van der Waals surface area contributed by atoms with Crippen LogP contribution < -0.4 is 0 Å². The Morgan fingerprint density at radius 3 is 2.48 bits per heavy atom. The number of aromatic hydroxyl groups is 1. The van der Waals surface area contributed by atoms with Crippen molar-refractivity contribution >= 4 is 17.2 Å². The van der Waals surface area contributed by atoms with Gasteiger partial charge < -0.3 is 5.11 Å². The summed E-state index contributed by atoms with van der Waals surface area (Å²) in [6, 6.07) is 19.2. The number of rotatable bonds is 4. The first-order chi connectivity index (χ1) is 13.2. The number of benzene rings is 2. The highest BCUT2D eigenvalue weighted by Gasteiger charge is 2.14. The van der Waals surface area contributed by atoms with Crippen LogP contribution in [0.25, 0.3) is 16.9 Å². The third kappa shape index (κ3) is 3.31. The molecule has 4 rings (SSSR count). The van der Waals surface area contributed by atoms with Gasteiger partial charge in [-0.1, -0.05) is 49.4 Å². The molecule has 0 spiro atoms. The summed E-state index contributed by atoms with van der Waals surface area (Å²) in [5, 5.41) is 18.7. The van der Waals surface area contributed by atoms with Gasteiger partial charge in [0.1, 0.15) is 22.8 Å². The second-order valence-corrected chi connectivity index (χ2v) is 6.46. The van der Waals surface area contributed by atoms with Crippen LogP contribution in [0.1, 0.15) is 18.1 Å². The predicted octanol–water partition coefficient (Wildman–Crippen LogP) is 5.99. The summed E-state index contributed by atoms with van der Waals surface area (Å²) in [4.78, 5) is 4.76. The van der Waals surface area contributed by atoms with Crippen LogP contribution in [0.4, 0.5) is 11.5 Å². The molecule has 0 radical (unpaired) electrons. The molecule has 5 heteroatoms. The number of phenolic OH excluding ortho intramolecular Hbond substituents is 1. The average molecular weight is 356 g/mol. The quantitative estimate of drug-likeness (QED) is 0.456. The molecule has 0 aliphatic carbocycles. The van der Waals surface area contributed by atoms with E-state index in [-0.39, 0.29) is 5.75 Å². The van der Waals surface area contributed by atoms with Crippen molar-refractivity contribution in [3.8, 4) is 17.0 Å². The molecule has 4 aromatic rings. The number of hydrogen-bond donors (Lipinski definition) is 1. The molecule has 0 saturated carbocycles. The summed E-state index contributed by atoms with van der Waals surface area (Å²) in [6.45, 7) is 4.16. The lowest BCUT2D eigenvalue weighted by Gasteiger charge is -2.02. The summed E-state index contributed by atoms with van der Waals surface area (Å²) >= 11 is 0. The number of fused-ring (bicyclic) bond motifs is 1. The first-order valence-corrected chi connectivity index (χ1v) is 8.93. The normalized spacial score (nSPS) is 11.5. The van der Waals surface area contributed by atoms with E-state index in [1.54, 1.807) is 18.2 Å². The van der Waals surface area contributed by atoms with Gasteiger partial charge in [-0.15, -0.1) is 10.2 Å². The van der Waals surface area contributed by atoms with Crippen molar-refractivity contribution in [2.75, 3.05) is 0 Å². The molecule has 0 saturated heterocycles. The Labute approximate surface area is 157 Å². The number of imidazole rings is 1. The van der Waals surface area contributed by atoms with Gasteiger partial charge in [0.25, 0.3) is 0 Å². The molecule has 0 bridgehead atoms. The predicted molar refractivity (Wildman–Crippen MR) is 107 cm³/mol. The molecule has 0 aliphatic rings. The summed E-state index contributed by atoms with van der Waals surface area (Å²) < 4.78 is 1.93. The van der Waals surface area contributed by atoms with Crippen LogP contribution in [-0.2, 0) is 6.42 Å². The molecule has 2 aromatic carbocycles. The minimum absolute atomic E-state index is 0.0973. The highest BCUT2D eigenvalue weighted by molar-refractivity contribution is 5.74. The number of phenols is 1. The molecule has 0 amide bonds. The number of pyridine rings is 1. The molecular weight excluding hydrogens is 336 g/mol. The monoisotopic (exact) mass is 356 g/mol. The molecule has 0 aliphatic heterocycles. The molecule has 0 fully saturated rings. The van der Waals surface area contributed by atoms with Crippen LogP contribution in [0.2, 0.25) is 0 Å². The van der Waals surface area contributed by atoms with Crippen LogP contribution >= 0.6 is 0 Å². The summed E-state index contributed by atoms with van der Waals surface area (Å²) in [5.74, 6) is 0.737. The number of nitrogens with zero attached hydrogens (tertiary/aromatic N) is 4. The second kappa shape index (κ2) is 7.03. The van der Waals surface area contributed by atoms with Crippen LogP contribution in [-0.4, -0.2) is 14.5 Å². The lowest BCUT2D eigenvalue weighted by atomic mass is 10.1. The number of aromatic nitrogens is 2. The Balaban J connectivity index is 1.88. The number of hydrogen-bond acceptors (Lipinski definition) is 4. The zero-order valence-corrected chi connectivity index (χ0v) is 15.3. The van der Waals surface area contributed by atoms with Gasteiger partial charge >= 0.3 is 0 Å². The van der Waals surface area contributed by atoms with Gasteiger partial charge in [0.15, 0.2) is 5.82 Å². The van der Waals surface area contributed by atoms with Gasteiger partial charge in [-0.05, 0) is 42.7 Å². The summed E-state index contributed by atoms with van der Waals surface area (Å²) in [7, 11) is 0. The standard InChI is InChI=1S/C22H20N4O/c1-3-16-9-11-17(12-10-16)21-22(25-24-18-6-4-5-7-19(18)27)26-14-15(2)8-13-20(26)23-21/h4-14,27H,3H2,1-2H3. The van der Waals surface area contributed by atoms with E-state index in [9.17, 15) is 5.11 Å². The number of para-hydroxylation sites is 1. The Hall–Kier alpha value is -3.47. The van der Waals surface area contributed by atoms with E-state index in [1.165, 1.54) is 5.56 Å². The van der Waals surface area contributed by atoms with E-state index in [2.05, 4.69) is 41.4 Å². The fourth-order valence-corrected chi connectivity index (χ4v) is 2.98. The van der Waals surface area contributed by atoms with Gasteiger partial charge in [-0.25, -0.2) is 4.98 Å². The van der Waals surface area contributed by atoms with Gasteiger partial charge in [-0.2, -0.15) is 0 Å². The van der Waals surface area contributed by atoms with Crippen LogP contribution in [0.15, 0.2) is 77.1 Å². The fraction of sp³-hybridized carbons (Fsp3) is 0.136. The third-order valence-corrected chi connectivity index (χ3v) is 4.51. The molecule has 2 aromatic heterocycles. The summed E-state index contributed by atoms with van der Waals surface area (Å²) in [5.41, 5.74) is 5.36. The van der Waals surface area contributed by atoms with Crippen molar-refractivity contribution < 1.29 is 5.11 Å². The van der Waals surface area contributed by atoms with Crippen LogP contribution in [0.5, 0.6) is 5.75 Å². The second-order valence-electron chi connectivity index (χ2n) is 6.46. The van der Waals surface area contributed by atoms with Crippen LogP contribution in [0.3, 0.4) is 0 Å². The van der Waals surface area contributed by atoms with E-state index in [0.29, 0.717) is 11.5 Å². The maximum absolute atomic E-state index is 9.96. The molecule has 27 heavy (non-hydrogen) atoms. The van der Waals surface area contributed by atoms with Crippen molar-refractivity contribution in [2.45, 2.75) is 20.3 Å². The van der Waals surface area contributed by atoms with E-state index in [4.69, 9.17) is 4.98 Å². The van der Waals surface area contributed by atoms with Gasteiger partial charge in [0, 0.05) is 11.8 Å². The smallest absolute Gasteiger partial charge is 0.187 e. The zero-order valence-electron chi connectivity index (χ0n) is 15.3. The first kappa shape index (κ1) is 17.0. The lowest BCUT2D eigenvalue weighted by molar-refractivity contribution is 0.476. The third-order valence-electron chi connectivity index (χ3n) is 4.51. The Morgan fingerprint density at radius 2 is 1.74 bits per heavy atom. The molecular formula is C22H20N4O. The van der Waals surface area contributed by atoms with Crippen molar-refractivity contribution in [2.24, 2.45) is 10.2 Å². The zero-order chi connectivity index (χ0) is 18.8. The molecule has 5 nitrogen and oxygen atoms in total. The van der Waals surface area contributed by atoms with Crippen molar-refractivity contribution in [1.29, 1.82) is 0 Å². The summed E-state index contributed by atoms with van der Waals surface area (Å²) in [6.07, 6.45) is 2.98. The number of azo groups is 1. The molecule has 0 atom stereocenters. The van der Waals surface area contributed by atoms with Gasteiger partial charge in [0.2, 0.25) is 0 Å². The van der Waals surface area contributed by atoms with E-state index >= 15 is 0 Å². The maximum Gasteiger partial charge on any atom is 0.187 e. The van der Waals surface area contributed by atoms with Crippen molar-refractivity contribution in [3.05, 3.63) is 78.0 Å².